The average molecular weight is 224 g/mol. The van der Waals surface area contributed by atoms with Gasteiger partial charge in [-0.05, 0) is 25.7 Å². The summed E-state index contributed by atoms with van der Waals surface area (Å²) in [6, 6.07) is 0.722. The molecule has 2 heteroatoms. The zero-order valence-corrected chi connectivity index (χ0v) is 11.3. The van der Waals surface area contributed by atoms with Gasteiger partial charge in [-0.1, -0.05) is 33.1 Å². The maximum Gasteiger partial charge on any atom is 0.0309 e. The third kappa shape index (κ3) is 2.60. The summed E-state index contributed by atoms with van der Waals surface area (Å²) >= 11 is 0. The van der Waals surface area contributed by atoms with Crippen molar-refractivity contribution in [2.75, 3.05) is 19.6 Å². The van der Waals surface area contributed by atoms with Gasteiger partial charge in [0.25, 0.3) is 0 Å². The van der Waals surface area contributed by atoms with Crippen LogP contribution in [-0.2, 0) is 0 Å². The molecule has 16 heavy (non-hydrogen) atoms. The molecule has 0 aromatic rings. The maximum absolute atomic E-state index is 3.82. The summed E-state index contributed by atoms with van der Waals surface area (Å²) in [5.41, 5.74) is 0.486. The summed E-state index contributed by atoms with van der Waals surface area (Å²) in [6.45, 7) is 10.8. The molecule has 1 N–H and O–H groups in total. The lowest BCUT2D eigenvalue weighted by Crippen LogP contribution is -2.62. The molecule has 2 fully saturated rings. The first-order valence-corrected chi connectivity index (χ1v) is 7.14. The van der Waals surface area contributed by atoms with Crippen molar-refractivity contribution in [2.24, 2.45) is 5.92 Å². The Morgan fingerprint density at radius 3 is 2.69 bits per heavy atom. The third-order valence-electron chi connectivity index (χ3n) is 4.71. The Morgan fingerprint density at radius 1 is 1.38 bits per heavy atom. The molecule has 0 aromatic carbocycles. The van der Waals surface area contributed by atoms with Crippen LogP contribution in [0.5, 0.6) is 0 Å². The number of piperazine rings is 1. The molecular formula is C14H28N2. The molecule has 1 saturated carbocycles. The van der Waals surface area contributed by atoms with Crippen molar-refractivity contribution in [2.45, 2.75) is 64.5 Å². The van der Waals surface area contributed by atoms with E-state index in [1.807, 2.05) is 0 Å². The highest BCUT2D eigenvalue weighted by Gasteiger charge is 2.39. The molecule has 1 spiro atoms. The second-order valence-electron chi connectivity index (χ2n) is 6.16. The molecule has 2 rings (SSSR count). The lowest BCUT2D eigenvalue weighted by Gasteiger charge is -2.46. The Hall–Kier alpha value is -0.0800. The van der Waals surface area contributed by atoms with Gasteiger partial charge in [0.1, 0.15) is 0 Å². The average Bonchev–Trinajstić information content (AvgIpc) is 2.72. The van der Waals surface area contributed by atoms with Crippen LogP contribution in [0.1, 0.15) is 52.9 Å². The van der Waals surface area contributed by atoms with Gasteiger partial charge < -0.3 is 5.32 Å². The second-order valence-corrected chi connectivity index (χ2v) is 6.16. The van der Waals surface area contributed by atoms with Gasteiger partial charge >= 0.3 is 0 Å². The normalized spacial score (nSPS) is 32.1. The van der Waals surface area contributed by atoms with Crippen LogP contribution in [0.2, 0.25) is 0 Å². The van der Waals surface area contributed by atoms with Crippen LogP contribution in [0.4, 0.5) is 0 Å². The van der Waals surface area contributed by atoms with E-state index in [1.165, 1.54) is 51.7 Å². The largest absolute Gasteiger partial charge is 0.308 e. The molecule has 0 aromatic heterocycles. The van der Waals surface area contributed by atoms with Crippen molar-refractivity contribution < 1.29 is 0 Å². The number of rotatable bonds is 3. The van der Waals surface area contributed by atoms with Crippen LogP contribution in [-0.4, -0.2) is 36.1 Å². The van der Waals surface area contributed by atoms with Crippen LogP contribution in [0.15, 0.2) is 0 Å². The molecule has 1 aliphatic heterocycles. The smallest absolute Gasteiger partial charge is 0.0309 e. The summed E-state index contributed by atoms with van der Waals surface area (Å²) in [5, 5.41) is 3.82. The molecule has 1 heterocycles. The highest BCUT2D eigenvalue weighted by Crippen LogP contribution is 2.33. The zero-order valence-electron chi connectivity index (χ0n) is 11.3. The van der Waals surface area contributed by atoms with Gasteiger partial charge in [-0.2, -0.15) is 0 Å². The highest BCUT2D eigenvalue weighted by atomic mass is 15.3. The molecule has 2 aliphatic rings. The predicted molar refractivity (Wildman–Crippen MR) is 69.7 cm³/mol. The molecule has 1 aliphatic carbocycles. The summed E-state index contributed by atoms with van der Waals surface area (Å²) in [5.74, 6) is 0.846. The van der Waals surface area contributed by atoms with Crippen LogP contribution in [0, 0.1) is 5.92 Å². The van der Waals surface area contributed by atoms with E-state index in [-0.39, 0.29) is 0 Å². The summed E-state index contributed by atoms with van der Waals surface area (Å²) in [4.78, 5) is 2.73. The Labute approximate surface area is 101 Å². The molecule has 2 unspecified atom stereocenters. The minimum Gasteiger partial charge on any atom is -0.308 e. The van der Waals surface area contributed by atoms with Crippen molar-refractivity contribution in [3.8, 4) is 0 Å². The second kappa shape index (κ2) is 5.05. The van der Waals surface area contributed by atoms with Gasteiger partial charge in [0.05, 0.1) is 0 Å². The third-order valence-corrected chi connectivity index (χ3v) is 4.71. The Balaban J connectivity index is 1.94. The van der Waals surface area contributed by atoms with Crippen LogP contribution in [0.25, 0.3) is 0 Å². The van der Waals surface area contributed by atoms with Crippen molar-refractivity contribution in [1.29, 1.82) is 0 Å². The van der Waals surface area contributed by atoms with Gasteiger partial charge in [0.2, 0.25) is 0 Å². The molecule has 2 nitrogen and oxygen atoms in total. The van der Waals surface area contributed by atoms with E-state index in [4.69, 9.17) is 0 Å². The Kier molecular flexibility index (Phi) is 3.91. The van der Waals surface area contributed by atoms with Gasteiger partial charge in [0.15, 0.2) is 0 Å². The minimum atomic E-state index is 0.486. The van der Waals surface area contributed by atoms with Gasteiger partial charge in [0, 0.05) is 31.2 Å². The first-order valence-electron chi connectivity index (χ1n) is 7.14. The molecule has 2 atom stereocenters. The maximum atomic E-state index is 3.82. The first-order chi connectivity index (χ1) is 7.65. The van der Waals surface area contributed by atoms with E-state index in [0.29, 0.717) is 5.54 Å². The fourth-order valence-corrected chi connectivity index (χ4v) is 3.25. The van der Waals surface area contributed by atoms with E-state index >= 15 is 0 Å². The number of nitrogens with one attached hydrogen (secondary N) is 1. The van der Waals surface area contributed by atoms with Crippen molar-refractivity contribution in [1.82, 2.24) is 10.2 Å². The molecule has 94 valence electrons. The van der Waals surface area contributed by atoms with Crippen molar-refractivity contribution >= 4 is 0 Å². The van der Waals surface area contributed by atoms with Gasteiger partial charge in [-0.15, -0.1) is 0 Å². The van der Waals surface area contributed by atoms with E-state index in [0.717, 1.165) is 12.0 Å². The predicted octanol–water partition coefficient (Wildman–Crippen LogP) is 2.64. The van der Waals surface area contributed by atoms with Gasteiger partial charge in [-0.25, -0.2) is 0 Å². The first kappa shape index (κ1) is 12.4. The van der Waals surface area contributed by atoms with Crippen LogP contribution >= 0.6 is 0 Å². The molecule has 1 saturated heterocycles. The molecule has 0 bridgehead atoms. The highest BCUT2D eigenvalue weighted by molar-refractivity contribution is 5.00. The monoisotopic (exact) mass is 224 g/mol. The van der Waals surface area contributed by atoms with E-state index in [2.05, 4.69) is 31.0 Å². The molecule has 0 amide bonds. The number of hydrogen-bond donors (Lipinski definition) is 1. The number of nitrogens with zero attached hydrogens (tertiary/aromatic N) is 1. The lowest BCUT2D eigenvalue weighted by atomic mass is 9.91. The van der Waals surface area contributed by atoms with Gasteiger partial charge in [-0.3, -0.25) is 4.90 Å². The molecule has 0 radical (unpaired) electrons. The number of hydrogen-bond acceptors (Lipinski definition) is 2. The van der Waals surface area contributed by atoms with Crippen LogP contribution < -0.4 is 5.32 Å². The quantitative estimate of drug-likeness (QED) is 0.793. The summed E-state index contributed by atoms with van der Waals surface area (Å²) in [6.07, 6.45) is 6.97. The SMILES string of the molecule is CCC(C)CN1CC2(CCCC2)NCC1C. The summed E-state index contributed by atoms with van der Waals surface area (Å²) < 4.78 is 0. The van der Waals surface area contributed by atoms with E-state index < -0.39 is 0 Å². The van der Waals surface area contributed by atoms with E-state index in [1.54, 1.807) is 0 Å². The lowest BCUT2D eigenvalue weighted by molar-refractivity contribution is 0.0760. The van der Waals surface area contributed by atoms with E-state index in [9.17, 15) is 0 Å². The molecular weight excluding hydrogens is 196 g/mol. The zero-order chi connectivity index (χ0) is 11.6. The fourth-order valence-electron chi connectivity index (χ4n) is 3.25. The Bertz CT molecular complexity index is 221. The van der Waals surface area contributed by atoms with Crippen LogP contribution in [0.3, 0.4) is 0 Å². The topological polar surface area (TPSA) is 15.3 Å². The standard InChI is InChI=1S/C14H28N2/c1-4-12(2)10-16-11-14(7-5-6-8-14)15-9-13(16)3/h12-13,15H,4-11H2,1-3H3. The Morgan fingerprint density at radius 2 is 2.06 bits per heavy atom. The fraction of sp³-hybridized carbons (Fsp3) is 1.00. The van der Waals surface area contributed by atoms with Crippen molar-refractivity contribution in [3.05, 3.63) is 0 Å². The minimum absolute atomic E-state index is 0.486. The van der Waals surface area contributed by atoms with Crippen molar-refractivity contribution in [3.63, 3.8) is 0 Å². The summed E-state index contributed by atoms with van der Waals surface area (Å²) in [7, 11) is 0.